The van der Waals surface area contributed by atoms with Crippen LogP contribution in [0.5, 0.6) is 0 Å². The highest BCUT2D eigenvalue weighted by atomic mass is 16.5. The van der Waals surface area contributed by atoms with Gasteiger partial charge in [0.1, 0.15) is 0 Å². The van der Waals surface area contributed by atoms with Gasteiger partial charge in [-0.25, -0.2) is 0 Å². The Kier molecular flexibility index (Phi) is 3.70. The third-order valence-electron chi connectivity index (χ3n) is 2.89. The van der Waals surface area contributed by atoms with E-state index < -0.39 is 11.5 Å². The van der Waals surface area contributed by atoms with Crippen molar-refractivity contribution >= 4 is 5.91 Å². The predicted molar refractivity (Wildman–Crippen MR) is 56.2 cm³/mol. The van der Waals surface area contributed by atoms with Crippen LogP contribution in [0.4, 0.5) is 0 Å². The first kappa shape index (κ1) is 12.4. The molecule has 0 saturated carbocycles. The molecule has 0 radical (unpaired) electrons. The molecule has 3 N–H and O–H groups in total. The molecule has 0 aromatic carbocycles. The van der Waals surface area contributed by atoms with Gasteiger partial charge >= 0.3 is 0 Å². The molecule has 3 unspecified atom stereocenters. The van der Waals surface area contributed by atoms with Crippen LogP contribution in [0.15, 0.2) is 0 Å². The first-order valence-corrected chi connectivity index (χ1v) is 5.15. The highest BCUT2D eigenvalue weighted by Gasteiger charge is 2.45. The summed E-state index contributed by atoms with van der Waals surface area (Å²) in [4.78, 5) is 13.6. The highest BCUT2D eigenvalue weighted by Crippen LogP contribution is 2.29. The monoisotopic (exact) mass is 216 g/mol. The van der Waals surface area contributed by atoms with Gasteiger partial charge in [-0.15, -0.1) is 0 Å². The minimum Gasteiger partial charge on any atom is -0.392 e. The van der Waals surface area contributed by atoms with Gasteiger partial charge in [0, 0.05) is 19.6 Å². The molecular formula is C10H20N2O3. The number of rotatable bonds is 3. The SMILES string of the molecule is CC(O)CN(C)C(=O)C1(C)COCC1N. The van der Waals surface area contributed by atoms with Crippen molar-refractivity contribution < 1.29 is 14.6 Å². The van der Waals surface area contributed by atoms with Crippen LogP contribution < -0.4 is 5.73 Å². The maximum absolute atomic E-state index is 12.1. The first-order valence-electron chi connectivity index (χ1n) is 5.15. The molecule has 88 valence electrons. The molecule has 1 saturated heterocycles. The number of aliphatic hydroxyl groups is 1. The molecule has 1 aliphatic heterocycles. The fraction of sp³-hybridized carbons (Fsp3) is 0.900. The third-order valence-corrected chi connectivity index (χ3v) is 2.89. The van der Waals surface area contributed by atoms with E-state index in [1.54, 1.807) is 14.0 Å². The predicted octanol–water partition coefficient (Wildman–Crippen LogP) is -0.811. The topological polar surface area (TPSA) is 75.8 Å². The molecule has 0 aromatic rings. The summed E-state index contributed by atoms with van der Waals surface area (Å²) in [6, 6.07) is -0.263. The minimum atomic E-state index is -0.649. The standard InChI is InChI=1S/C10H20N2O3/c1-7(13)4-12(3)9(14)10(2)6-15-5-8(10)11/h7-8,13H,4-6,11H2,1-3H3. The molecule has 3 atom stereocenters. The van der Waals surface area contributed by atoms with Crippen molar-refractivity contribution in [1.29, 1.82) is 0 Å². The van der Waals surface area contributed by atoms with E-state index in [2.05, 4.69) is 0 Å². The summed E-state index contributed by atoms with van der Waals surface area (Å²) in [7, 11) is 1.67. The Balaban J connectivity index is 2.66. The molecule has 1 fully saturated rings. The molecule has 5 nitrogen and oxygen atoms in total. The van der Waals surface area contributed by atoms with Gasteiger partial charge in [-0.2, -0.15) is 0 Å². The maximum Gasteiger partial charge on any atom is 0.232 e. The number of carbonyl (C=O) groups is 1. The Morgan fingerprint density at radius 2 is 2.40 bits per heavy atom. The fourth-order valence-corrected chi connectivity index (χ4v) is 1.82. The van der Waals surface area contributed by atoms with E-state index in [1.165, 1.54) is 4.90 Å². The van der Waals surface area contributed by atoms with Crippen LogP contribution in [0.3, 0.4) is 0 Å². The van der Waals surface area contributed by atoms with Crippen molar-refractivity contribution in [2.75, 3.05) is 26.8 Å². The molecule has 0 aromatic heterocycles. The van der Waals surface area contributed by atoms with Gasteiger partial charge in [0.05, 0.1) is 24.7 Å². The van der Waals surface area contributed by atoms with Crippen LogP contribution in [0.25, 0.3) is 0 Å². The lowest BCUT2D eigenvalue weighted by atomic mass is 9.84. The largest absolute Gasteiger partial charge is 0.392 e. The van der Waals surface area contributed by atoms with Crippen molar-refractivity contribution in [3.8, 4) is 0 Å². The Morgan fingerprint density at radius 1 is 1.80 bits per heavy atom. The van der Waals surface area contributed by atoms with E-state index in [0.29, 0.717) is 19.8 Å². The van der Waals surface area contributed by atoms with E-state index in [9.17, 15) is 9.90 Å². The Bertz CT molecular complexity index is 245. The smallest absolute Gasteiger partial charge is 0.232 e. The van der Waals surface area contributed by atoms with E-state index in [1.807, 2.05) is 6.92 Å². The molecule has 0 aliphatic carbocycles. The summed E-state index contributed by atoms with van der Waals surface area (Å²) in [5, 5.41) is 9.21. The van der Waals surface area contributed by atoms with Crippen molar-refractivity contribution in [2.45, 2.75) is 26.0 Å². The summed E-state index contributed by atoms with van der Waals surface area (Å²) < 4.78 is 5.21. The average Bonchev–Trinajstić information content (AvgIpc) is 2.46. The van der Waals surface area contributed by atoms with Crippen molar-refractivity contribution in [1.82, 2.24) is 4.90 Å². The number of amides is 1. The highest BCUT2D eigenvalue weighted by molar-refractivity contribution is 5.83. The fourth-order valence-electron chi connectivity index (χ4n) is 1.82. The van der Waals surface area contributed by atoms with Gasteiger partial charge in [-0.05, 0) is 13.8 Å². The van der Waals surface area contributed by atoms with Crippen molar-refractivity contribution in [3.63, 3.8) is 0 Å². The van der Waals surface area contributed by atoms with Gasteiger partial charge in [-0.1, -0.05) is 0 Å². The van der Waals surface area contributed by atoms with Crippen molar-refractivity contribution in [2.24, 2.45) is 11.1 Å². The normalized spacial score (nSPS) is 32.7. The number of nitrogens with two attached hydrogens (primary N) is 1. The van der Waals surface area contributed by atoms with Gasteiger partial charge in [-0.3, -0.25) is 4.79 Å². The van der Waals surface area contributed by atoms with E-state index in [0.717, 1.165) is 0 Å². The second-order valence-corrected chi connectivity index (χ2v) is 4.57. The zero-order chi connectivity index (χ0) is 11.6. The summed E-state index contributed by atoms with van der Waals surface area (Å²) in [5.74, 6) is -0.0617. The van der Waals surface area contributed by atoms with Gasteiger partial charge in [0.25, 0.3) is 0 Å². The molecule has 1 heterocycles. The van der Waals surface area contributed by atoms with E-state index >= 15 is 0 Å². The molecule has 1 rings (SSSR count). The van der Waals surface area contributed by atoms with Crippen LogP contribution in [0.1, 0.15) is 13.8 Å². The van der Waals surface area contributed by atoms with Gasteiger partial charge < -0.3 is 20.5 Å². The number of hydrogen-bond acceptors (Lipinski definition) is 4. The lowest BCUT2D eigenvalue weighted by Crippen LogP contribution is -2.51. The quantitative estimate of drug-likeness (QED) is 0.647. The Morgan fingerprint density at radius 3 is 2.80 bits per heavy atom. The second-order valence-electron chi connectivity index (χ2n) is 4.57. The summed E-state index contributed by atoms with van der Waals surface area (Å²) in [5.41, 5.74) is 5.20. The number of ether oxygens (including phenoxy) is 1. The number of aliphatic hydroxyl groups excluding tert-OH is 1. The number of likely N-dealkylation sites (N-methyl/N-ethyl adjacent to an activating group) is 1. The molecule has 15 heavy (non-hydrogen) atoms. The summed E-state index contributed by atoms with van der Waals surface area (Å²) in [6.45, 7) is 4.56. The number of carbonyl (C=O) groups excluding carboxylic acids is 1. The molecule has 1 aliphatic rings. The van der Waals surface area contributed by atoms with E-state index in [-0.39, 0.29) is 11.9 Å². The van der Waals surface area contributed by atoms with Gasteiger partial charge in [0.15, 0.2) is 0 Å². The van der Waals surface area contributed by atoms with Crippen molar-refractivity contribution in [3.05, 3.63) is 0 Å². The maximum atomic E-state index is 12.1. The molecule has 1 amide bonds. The summed E-state index contributed by atoms with van der Waals surface area (Å²) >= 11 is 0. The Labute approximate surface area is 90.2 Å². The molecule has 5 heteroatoms. The van der Waals surface area contributed by atoms with Crippen LogP contribution in [0.2, 0.25) is 0 Å². The van der Waals surface area contributed by atoms with Crippen LogP contribution in [-0.2, 0) is 9.53 Å². The zero-order valence-corrected chi connectivity index (χ0v) is 9.56. The molecule has 0 bridgehead atoms. The third kappa shape index (κ3) is 2.48. The lowest BCUT2D eigenvalue weighted by Gasteiger charge is -2.31. The summed E-state index contributed by atoms with van der Waals surface area (Å²) in [6.07, 6.45) is -0.527. The van der Waals surface area contributed by atoms with E-state index in [4.69, 9.17) is 10.5 Å². The lowest BCUT2D eigenvalue weighted by molar-refractivity contribution is -0.141. The van der Waals surface area contributed by atoms with Crippen LogP contribution in [-0.4, -0.2) is 54.9 Å². The molecular weight excluding hydrogens is 196 g/mol. The number of nitrogens with zero attached hydrogens (tertiary/aromatic N) is 1. The number of hydrogen-bond donors (Lipinski definition) is 2. The Hall–Kier alpha value is -0.650. The average molecular weight is 216 g/mol. The zero-order valence-electron chi connectivity index (χ0n) is 9.56. The van der Waals surface area contributed by atoms with Crippen LogP contribution in [0, 0.1) is 5.41 Å². The minimum absolute atomic E-state index is 0.0617. The molecule has 0 spiro atoms. The first-order chi connectivity index (χ1) is 6.88. The van der Waals surface area contributed by atoms with Crippen LogP contribution >= 0.6 is 0 Å². The van der Waals surface area contributed by atoms with Gasteiger partial charge in [0.2, 0.25) is 5.91 Å². The second kappa shape index (κ2) is 4.47.